The van der Waals surface area contributed by atoms with Crippen molar-refractivity contribution in [2.75, 3.05) is 13.6 Å². The van der Waals surface area contributed by atoms with E-state index in [1.807, 2.05) is 18.4 Å². The lowest BCUT2D eigenvalue weighted by atomic mass is 10.3. The van der Waals surface area contributed by atoms with Crippen molar-refractivity contribution in [3.05, 3.63) is 17.7 Å². The summed E-state index contributed by atoms with van der Waals surface area (Å²) in [5, 5.41) is 5.44. The van der Waals surface area contributed by atoms with Crippen LogP contribution in [0.1, 0.15) is 30.2 Å². The van der Waals surface area contributed by atoms with Crippen LogP contribution in [0, 0.1) is 0 Å². The van der Waals surface area contributed by atoms with Crippen LogP contribution in [0.15, 0.2) is 6.20 Å². The average molecular weight is 265 g/mol. The average Bonchev–Trinajstić information content (AvgIpc) is 2.79. The first-order valence-corrected chi connectivity index (χ1v) is 6.35. The first kappa shape index (κ1) is 13.4. The quantitative estimate of drug-likeness (QED) is 0.800. The highest BCUT2D eigenvalue weighted by Gasteiger charge is 2.25. The van der Waals surface area contributed by atoms with E-state index < -0.39 is 0 Å². The molecule has 0 fully saturated rings. The van der Waals surface area contributed by atoms with Crippen LogP contribution >= 0.6 is 0 Å². The third kappa shape index (κ3) is 2.69. The number of imidazole rings is 1. The summed E-state index contributed by atoms with van der Waals surface area (Å²) in [6, 6.07) is 0.0151. The molecule has 104 valence electrons. The Hall–Kier alpha value is -2.05. The van der Waals surface area contributed by atoms with Gasteiger partial charge in [0.05, 0.1) is 12.7 Å². The lowest BCUT2D eigenvalue weighted by Gasteiger charge is -2.29. The summed E-state index contributed by atoms with van der Waals surface area (Å²) < 4.78 is 1.86. The predicted octanol–water partition coefficient (Wildman–Crippen LogP) is 0.176. The van der Waals surface area contributed by atoms with Crippen LogP contribution in [0.4, 0.5) is 4.79 Å². The highest BCUT2D eigenvalue weighted by molar-refractivity contribution is 5.92. The van der Waals surface area contributed by atoms with Gasteiger partial charge in [0.1, 0.15) is 11.5 Å². The van der Waals surface area contributed by atoms with Crippen molar-refractivity contribution in [2.45, 2.75) is 33.0 Å². The molecule has 1 aliphatic heterocycles. The van der Waals surface area contributed by atoms with Gasteiger partial charge in [0.15, 0.2) is 0 Å². The van der Waals surface area contributed by atoms with Gasteiger partial charge in [-0.2, -0.15) is 0 Å². The summed E-state index contributed by atoms with van der Waals surface area (Å²) in [5.41, 5.74) is 0.543. The Bertz CT molecular complexity index is 494. The lowest BCUT2D eigenvalue weighted by Crippen LogP contribution is -2.46. The summed E-state index contributed by atoms with van der Waals surface area (Å²) >= 11 is 0. The highest BCUT2D eigenvalue weighted by Crippen LogP contribution is 2.14. The minimum absolute atomic E-state index is 0.0919. The second kappa shape index (κ2) is 5.29. The number of fused-ring (bicyclic) bond motifs is 1. The van der Waals surface area contributed by atoms with E-state index in [-0.39, 0.29) is 18.0 Å². The van der Waals surface area contributed by atoms with Crippen molar-refractivity contribution >= 4 is 11.9 Å². The molecular formula is C12H19N5O2. The topological polar surface area (TPSA) is 79.3 Å². The van der Waals surface area contributed by atoms with Crippen LogP contribution in [0.2, 0.25) is 0 Å². The predicted molar refractivity (Wildman–Crippen MR) is 69.7 cm³/mol. The standard InChI is InChI=1S/C12H19N5O2/c1-8(2)15-12(19)16-4-5-17-9(11(18)13-3)6-14-10(17)7-16/h6,8H,4-5,7H2,1-3H3,(H,13,18)(H,15,19). The van der Waals surface area contributed by atoms with Gasteiger partial charge in [-0.3, -0.25) is 4.79 Å². The molecule has 2 heterocycles. The van der Waals surface area contributed by atoms with E-state index in [2.05, 4.69) is 15.6 Å². The van der Waals surface area contributed by atoms with Gasteiger partial charge < -0.3 is 20.1 Å². The minimum Gasteiger partial charge on any atom is -0.354 e. The van der Waals surface area contributed by atoms with Crippen LogP contribution in [-0.2, 0) is 13.1 Å². The smallest absolute Gasteiger partial charge is 0.318 e. The molecular weight excluding hydrogens is 246 g/mol. The van der Waals surface area contributed by atoms with Gasteiger partial charge in [0.25, 0.3) is 5.91 Å². The fourth-order valence-corrected chi connectivity index (χ4v) is 2.08. The summed E-state index contributed by atoms with van der Waals surface area (Å²) in [5.74, 6) is 0.586. The van der Waals surface area contributed by atoms with Crippen molar-refractivity contribution in [3.8, 4) is 0 Å². The second-order valence-electron chi connectivity index (χ2n) is 4.82. The lowest BCUT2D eigenvalue weighted by molar-refractivity contribution is 0.0951. The van der Waals surface area contributed by atoms with Gasteiger partial charge in [0, 0.05) is 26.2 Å². The van der Waals surface area contributed by atoms with E-state index in [9.17, 15) is 9.59 Å². The molecule has 0 atom stereocenters. The number of carbonyl (C=O) groups excluding carboxylic acids is 2. The number of rotatable bonds is 2. The Morgan fingerprint density at radius 1 is 1.37 bits per heavy atom. The van der Waals surface area contributed by atoms with Crippen molar-refractivity contribution in [2.24, 2.45) is 0 Å². The summed E-state index contributed by atoms with van der Waals surface area (Å²) in [4.78, 5) is 29.5. The Labute approximate surface area is 112 Å². The third-order valence-electron chi connectivity index (χ3n) is 3.02. The SMILES string of the molecule is CNC(=O)c1cnc2n1CCN(C(=O)NC(C)C)C2. The molecule has 7 heteroatoms. The number of urea groups is 1. The maximum absolute atomic E-state index is 11.9. The van der Waals surface area contributed by atoms with Gasteiger partial charge in [-0.25, -0.2) is 9.78 Å². The normalized spacial score (nSPS) is 14.2. The summed E-state index contributed by atoms with van der Waals surface area (Å²) in [6.45, 7) is 5.43. The zero-order chi connectivity index (χ0) is 14.0. The number of carbonyl (C=O) groups is 2. The molecule has 1 aromatic heterocycles. The molecule has 0 unspecified atom stereocenters. The molecule has 19 heavy (non-hydrogen) atoms. The molecule has 2 rings (SSSR count). The summed E-state index contributed by atoms with van der Waals surface area (Å²) in [6.07, 6.45) is 1.55. The molecule has 7 nitrogen and oxygen atoms in total. The number of amides is 3. The number of nitrogens with zero attached hydrogens (tertiary/aromatic N) is 3. The molecule has 0 aliphatic carbocycles. The fourth-order valence-electron chi connectivity index (χ4n) is 2.08. The van der Waals surface area contributed by atoms with Crippen molar-refractivity contribution in [1.82, 2.24) is 25.1 Å². The van der Waals surface area contributed by atoms with E-state index in [4.69, 9.17) is 0 Å². The Morgan fingerprint density at radius 2 is 2.11 bits per heavy atom. The molecule has 0 saturated carbocycles. The highest BCUT2D eigenvalue weighted by atomic mass is 16.2. The number of nitrogens with one attached hydrogen (secondary N) is 2. The second-order valence-corrected chi connectivity index (χ2v) is 4.82. The molecule has 2 N–H and O–H groups in total. The Kier molecular flexibility index (Phi) is 3.73. The Morgan fingerprint density at radius 3 is 2.74 bits per heavy atom. The van der Waals surface area contributed by atoms with Gasteiger partial charge >= 0.3 is 6.03 Å². The van der Waals surface area contributed by atoms with Crippen molar-refractivity contribution in [3.63, 3.8) is 0 Å². The van der Waals surface area contributed by atoms with Gasteiger partial charge in [-0.15, -0.1) is 0 Å². The van der Waals surface area contributed by atoms with Gasteiger partial charge in [-0.05, 0) is 13.8 Å². The zero-order valence-electron chi connectivity index (χ0n) is 11.4. The first-order valence-electron chi connectivity index (χ1n) is 6.35. The van der Waals surface area contributed by atoms with Gasteiger partial charge in [0.2, 0.25) is 0 Å². The van der Waals surface area contributed by atoms with Crippen molar-refractivity contribution < 1.29 is 9.59 Å². The van der Waals surface area contributed by atoms with E-state index in [0.717, 1.165) is 5.82 Å². The first-order chi connectivity index (χ1) is 9.02. The zero-order valence-corrected chi connectivity index (χ0v) is 11.4. The molecule has 1 aliphatic rings. The number of aromatic nitrogens is 2. The van der Waals surface area contributed by atoms with E-state index in [1.165, 1.54) is 0 Å². The van der Waals surface area contributed by atoms with E-state index in [0.29, 0.717) is 25.3 Å². The third-order valence-corrected chi connectivity index (χ3v) is 3.02. The Balaban J connectivity index is 2.11. The van der Waals surface area contributed by atoms with Crippen LogP contribution in [0.25, 0.3) is 0 Å². The van der Waals surface area contributed by atoms with E-state index >= 15 is 0 Å². The molecule has 0 saturated heterocycles. The molecule has 0 radical (unpaired) electrons. The van der Waals surface area contributed by atoms with Crippen molar-refractivity contribution in [1.29, 1.82) is 0 Å². The number of hydrogen-bond donors (Lipinski definition) is 2. The minimum atomic E-state index is -0.154. The molecule has 3 amide bonds. The molecule has 0 bridgehead atoms. The molecule has 1 aromatic rings. The monoisotopic (exact) mass is 265 g/mol. The maximum Gasteiger partial charge on any atom is 0.318 e. The van der Waals surface area contributed by atoms with Crippen LogP contribution in [0.5, 0.6) is 0 Å². The summed E-state index contributed by atoms with van der Waals surface area (Å²) in [7, 11) is 1.59. The van der Waals surface area contributed by atoms with Gasteiger partial charge in [-0.1, -0.05) is 0 Å². The van der Waals surface area contributed by atoms with Crippen LogP contribution in [-0.4, -0.2) is 46.0 Å². The number of hydrogen-bond acceptors (Lipinski definition) is 3. The molecule has 0 spiro atoms. The maximum atomic E-state index is 11.9. The fraction of sp³-hybridized carbons (Fsp3) is 0.583. The largest absolute Gasteiger partial charge is 0.354 e. The van der Waals surface area contributed by atoms with Crippen LogP contribution < -0.4 is 10.6 Å². The molecule has 0 aromatic carbocycles. The van der Waals surface area contributed by atoms with Crippen LogP contribution in [0.3, 0.4) is 0 Å². The van der Waals surface area contributed by atoms with E-state index in [1.54, 1.807) is 18.1 Å².